The second-order valence-corrected chi connectivity index (χ2v) is 4.62. The lowest BCUT2D eigenvalue weighted by molar-refractivity contribution is 1.22. The maximum atomic E-state index is 4.53. The summed E-state index contributed by atoms with van der Waals surface area (Å²) >= 11 is 1.79. The van der Waals surface area contributed by atoms with Crippen LogP contribution < -0.4 is 0 Å². The minimum absolute atomic E-state index is 1.17. The molecule has 0 bridgehead atoms. The predicted molar refractivity (Wildman–Crippen MR) is 54.7 cm³/mol. The highest BCUT2D eigenvalue weighted by Crippen LogP contribution is 2.32. The quantitative estimate of drug-likeness (QED) is 0.570. The molecule has 0 saturated carbocycles. The fraction of sp³-hybridized carbons (Fsp3) is 0.182. The maximum Gasteiger partial charge on any atom is 0.124 e. The molecule has 2 aliphatic rings. The Labute approximate surface area is 80.4 Å². The third kappa shape index (κ3) is 0.838. The number of benzene rings is 1. The van der Waals surface area contributed by atoms with Crippen LogP contribution in [0.1, 0.15) is 10.6 Å². The van der Waals surface area contributed by atoms with E-state index < -0.39 is 0 Å². The first-order valence-electron chi connectivity index (χ1n) is 4.34. The fourth-order valence-electron chi connectivity index (χ4n) is 1.55. The van der Waals surface area contributed by atoms with Crippen molar-refractivity contribution in [3.8, 4) is 10.6 Å². The molecule has 0 amide bonds. The van der Waals surface area contributed by atoms with Crippen molar-refractivity contribution in [2.24, 2.45) is 0 Å². The molecule has 0 spiro atoms. The highest BCUT2D eigenvalue weighted by molar-refractivity contribution is 7.15. The van der Waals surface area contributed by atoms with Gasteiger partial charge in [-0.3, -0.25) is 0 Å². The van der Waals surface area contributed by atoms with Crippen molar-refractivity contribution >= 4 is 11.3 Å². The third-order valence-corrected chi connectivity index (χ3v) is 3.70. The number of thiazole rings is 1. The van der Waals surface area contributed by atoms with Gasteiger partial charge in [-0.2, -0.15) is 0 Å². The van der Waals surface area contributed by atoms with Crippen LogP contribution in [0.2, 0.25) is 0 Å². The third-order valence-electron chi connectivity index (χ3n) is 2.59. The molecule has 1 heterocycles. The van der Waals surface area contributed by atoms with Crippen molar-refractivity contribution in [1.82, 2.24) is 4.98 Å². The van der Waals surface area contributed by atoms with E-state index in [1.807, 2.05) is 0 Å². The molecule has 2 heteroatoms. The van der Waals surface area contributed by atoms with Gasteiger partial charge in [-0.1, -0.05) is 12.1 Å². The van der Waals surface area contributed by atoms with Gasteiger partial charge in [-0.25, -0.2) is 4.98 Å². The Morgan fingerprint density at radius 3 is 2.46 bits per heavy atom. The Morgan fingerprint density at radius 2 is 2.08 bits per heavy atom. The van der Waals surface area contributed by atoms with Crippen LogP contribution in [0.15, 0.2) is 18.2 Å². The van der Waals surface area contributed by atoms with E-state index in [-0.39, 0.29) is 0 Å². The van der Waals surface area contributed by atoms with Crippen LogP contribution in [0.5, 0.6) is 0 Å². The summed E-state index contributed by atoms with van der Waals surface area (Å²) in [5, 5.41) is 3.97. The molecule has 2 aliphatic carbocycles. The van der Waals surface area contributed by atoms with Crippen molar-refractivity contribution in [3.63, 3.8) is 0 Å². The second kappa shape index (κ2) is 2.20. The lowest BCUT2D eigenvalue weighted by Gasteiger charge is -2.07. The van der Waals surface area contributed by atoms with Crippen molar-refractivity contribution in [1.29, 1.82) is 0 Å². The molecule has 0 atom stereocenters. The summed E-state index contributed by atoms with van der Waals surface area (Å²) in [4.78, 5) is 5.86. The largest absolute Gasteiger partial charge is 0.241 e. The van der Waals surface area contributed by atoms with Crippen LogP contribution in [0.3, 0.4) is 0 Å². The lowest BCUT2D eigenvalue weighted by atomic mass is 10.00. The summed E-state index contributed by atoms with van der Waals surface area (Å²) in [5.74, 6) is 0. The van der Waals surface area contributed by atoms with Gasteiger partial charge < -0.3 is 0 Å². The Bertz CT molecular complexity index is 561. The normalized spacial score (nSPS) is 11.8. The molecule has 0 saturated heterocycles. The van der Waals surface area contributed by atoms with Crippen LogP contribution in [0, 0.1) is 24.3 Å². The molecule has 0 radical (unpaired) electrons. The van der Waals surface area contributed by atoms with E-state index in [4.69, 9.17) is 0 Å². The molecule has 1 aromatic rings. The molecular weight excluding hydrogens is 178 g/mol. The van der Waals surface area contributed by atoms with Crippen molar-refractivity contribution in [2.75, 3.05) is 0 Å². The highest BCUT2D eigenvalue weighted by atomic mass is 32.1. The minimum Gasteiger partial charge on any atom is -0.241 e. The van der Waals surface area contributed by atoms with Crippen LogP contribution in [0.25, 0.3) is 10.6 Å². The zero-order valence-electron chi connectivity index (χ0n) is 7.59. The van der Waals surface area contributed by atoms with Crippen molar-refractivity contribution < 1.29 is 0 Å². The van der Waals surface area contributed by atoms with Crippen molar-refractivity contribution in [3.05, 3.63) is 39.2 Å². The first-order chi connectivity index (χ1) is 6.25. The molecule has 1 aromatic heterocycles. The molecule has 13 heavy (non-hydrogen) atoms. The fourth-order valence-corrected chi connectivity index (χ4v) is 2.50. The molecule has 0 aromatic carbocycles. The molecule has 1 nitrogen and oxygen atoms in total. The summed E-state index contributed by atoms with van der Waals surface area (Å²) in [6.45, 7) is 4.20. The summed E-state index contributed by atoms with van der Waals surface area (Å²) in [6.07, 6.45) is 0. The number of hydrogen-bond acceptors (Lipinski definition) is 2. The van der Waals surface area contributed by atoms with E-state index >= 15 is 0 Å². The van der Waals surface area contributed by atoms with Gasteiger partial charge >= 0.3 is 0 Å². The lowest BCUT2D eigenvalue weighted by Crippen LogP contribution is -1.91. The van der Waals surface area contributed by atoms with Crippen LogP contribution in [0.4, 0.5) is 0 Å². The van der Waals surface area contributed by atoms with E-state index in [2.05, 4.69) is 37.0 Å². The maximum absolute atomic E-state index is 4.53. The SMILES string of the molecule is Cc1nc(-c2cc3ccc2=3)sc1C. The number of rotatable bonds is 1. The van der Waals surface area contributed by atoms with E-state index in [1.165, 1.54) is 31.6 Å². The molecule has 64 valence electrons. The zero-order chi connectivity index (χ0) is 9.00. The summed E-state index contributed by atoms with van der Waals surface area (Å²) in [7, 11) is 0. The van der Waals surface area contributed by atoms with E-state index in [1.54, 1.807) is 11.3 Å². The van der Waals surface area contributed by atoms with Gasteiger partial charge in [0, 0.05) is 10.4 Å². The van der Waals surface area contributed by atoms with Gasteiger partial charge in [0.2, 0.25) is 0 Å². The number of aryl methyl sites for hydroxylation is 2. The highest BCUT2D eigenvalue weighted by Gasteiger charge is 2.12. The Hall–Kier alpha value is -1.15. The Kier molecular flexibility index (Phi) is 1.23. The smallest absolute Gasteiger partial charge is 0.124 e. The minimum atomic E-state index is 1.17. The van der Waals surface area contributed by atoms with E-state index in [0.717, 1.165) is 0 Å². The zero-order valence-corrected chi connectivity index (χ0v) is 8.40. The van der Waals surface area contributed by atoms with Gasteiger partial charge in [-0.05, 0) is 30.4 Å². The first kappa shape index (κ1) is 7.27. The first-order valence-corrected chi connectivity index (χ1v) is 5.16. The monoisotopic (exact) mass is 187 g/mol. The van der Waals surface area contributed by atoms with Crippen LogP contribution >= 0.6 is 11.3 Å². The average Bonchev–Trinajstić information content (AvgIpc) is 2.38. The molecule has 3 rings (SSSR count). The number of hydrogen-bond donors (Lipinski definition) is 0. The van der Waals surface area contributed by atoms with Crippen molar-refractivity contribution in [2.45, 2.75) is 13.8 Å². The van der Waals surface area contributed by atoms with Gasteiger partial charge in [0.05, 0.1) is 5.69 Å². The predicted octanol–water partition coefficient (Wildman–Crippen LogP) is 3.03. The molecule has 0 unspecified atom stereocenters. The molecule has 0 N–H and O–H groups in total. The Morgan fingerprint density at radius 1 is 1.23 bits per heavy atom. The molecule has 0 fully saturated rings. The van der Waals surface area contributed by atoms with Crippen LogP contribution in [-0.4, -0.2) is 4.98 Å². The molecular formula is C11H9NS. The number of aromatic nitrogens is 1. The topological polar surface area (TPSA) is 12.9 Å². The Balaban J connectivity index is 2.18. The van der Waals surface area contributed by atoms with Gasteiger partial charge in [-0.15, -0.1) is 11.3 Å². The summed E-state index contributed by atoms with van der Waals surface area (Å²) in [5.41, 5.74) is 2.50. The summed E-state index contributed by atoms with van der Waals surface area (Å²) < 4.78 is 0. The van der Waals surface area contributed by atoms with Gasteiger partial charge in [0.15, 0.2) is 0 Å². The van der Waals surface area contributed by atoms with Gasteiger partial charge in [0.25, 0.3) is 0 Å². The second-order valence-electron chi connectivity index (χ2n) is 3.42. The van der Waals surface area contributed by atoms with Gasteiger partial charge in [0.1, 0.15) is 5.01 Å². The summed E-state index contributed by atoms with van der Waals surface area (Å²) in [6, 6.07) is 6.52. The van der Waals surface area contributed by atoms with E-state index in [0.29, 0.717) is 0 Å². The standard InChI is InChI=1S/C11H9NS/c1-6-7(2)13-11(12-6)10-5-8-3-4-9(8)10/h3-5H,1-2H3. The number of nitrogens with zero attached hydrogens (tertiary/aromatic N) is 1. The average molecular weight is 187 g/mol. The van der Waals surface area contributed by atoms with E-state index in [9.17, 15) is 0 Å². The molecule has 0 aliphatic heterocycles. The van der Waals surface area contributed by atoms with Crippen LogP contribution in [-0.2, 0) is 0 Å².